The number of hydrogen-bond donors (Lipinski definition) is 0. The van der Waals surface area contributed by atoms with Crippen molar-refractivity contribution in [3.63, 3.8) is 0 Å². The molecule has 0 N–H and O–H groups in total. The molecule has 1 aliphatic carbocycles. The second-order valence-corrected chi connectivity index (χ2v) is 16.0. The minimum absolute atomic E-state index is 0.321. The van der Waals surface area contributed by atoms with Gasteiger partial charge in [0.25, 0.3) is 0 Å². The number of aromatic nitrogens is 3. The lowest BCUT2D eigenvalue weighted by Crippen LogP contribution is -2.12. The molecule has 3 aromatic heterocycles. The normalized spacial score (nSPS) is 13.8. The fourth-order valence-electron chi connectivity index (χ4n) is 9.16. The molecule has 4 heteroatoms. The maximum Gasteiger partial charge on any atom is 0.235 e. The molecule has 0 radical (unpaired) electrons. The molecule has 1 aliphatic rings. The topological polar surface area (TPSA) is 30.7 Å². The highest BCUT2D eigenvalue weighted by Gasteiger charge is 2.26. The third-order valence-corrected chi connectivity index (χ3v) is 12.9. The van der Waals surface area contributed by atoms with Gasteiger partial charge in [0.15, 0.2) is 0 Å². The van der Waals surface area contributed by atoms with Crippen LogP contribution in [-0.4, -0.2) is 14.5 Å². The van der Waals surface area contributed by atoms with E-state index in [2.05, 4.69) is 187 Å². The van der Waals surface area contributed by atoms with Crippen molar-refractivity contribution in [2.24, 2.45) is 0 Å². The van der Waals surface area contributed by atoms with Gasteiger partial charge in [-0.1, -0.05) is 140 Å². The SMILES string of the molecule is c1ccc(-c2nc(-n3c4ccc(-c5ccc6c(c5)-c5ccccc5CC6c5ccccc5)cc4c4cc5sc6ccccc6c5cc43)nc3ccccc23)cc1. The average Bonchev–Trinajstić information content (AvgIpc) is 3.79. The number of hydrogen-bond acceptors (Lipinski definition) is 3. The summed E-state index contributed by atoms with van der Waals surface area (Å²) in [5.41, 5.74) is 14.4. The molecule has 0 spiro atoms. The molecule has 262 valence electrons. The molecule has 1 atom stereocenters. The number of thiophene rings is 1. The molecule has 0 bridgehead atoms. The molecule has 11 aromatic rings. The maximum absolute atomic E-state index is 5.38. The summed E-state index contributed by atoms with van der Waals surface area (Å²) < 4.78 is 4.86. The van der Waals surface area contributed by atoms with E-state index in [9.17, 15) is 0 Å². The summed E-state index contributed by atoms with van der Waals surface area (Å²) in [6.07, 6.45) is 1.01. The molecule has 56 heavy (non-hydrogen) atoms. The van der Waals surface area contributed by atoms with Gasteiger partial charge < -0.3 is 0 Å². The van der Waals surface area contributed by atoms with Gasteiger partial charge in [0.05, 0.1) is 22.2 Å². The number of benzene rings is 8. The highest BCUT2D eigenvalue weighted by atomic mass is 32.1. The van der Waals surface area contributed by atoms with Gasteiger partial charge in [-0.3, -0.25) is 4.57 Å². The Morgan fingerprint density at radius 1 is 0.464 bits per heavy atom. The summed E-state index contributed by atoms with van der Waals surface area (Å²) in [7, 11) is 0. The van der Waals surface area contributed by atoms with Crippen LogP contribution in [0.3, 0.4) is 0 Å². The summed E-state index contributed by atoms with van der Waals surface area (Å²) in [6.45, 7) is 0. The van der Waals surface area contributed by atoms with Gasteiger partial charge in [-0.25, -0.2) is 9.97 Å². The van der Waals surface area contributed by atoms with Crippen molar-refractivity contribution < 1.29 is 0 Å². The summed E-state index contributed by atoms with van der Waals surface area (Å²) in [5, 5.41) is 5.97. The van der Waals surface area contributed by atoms with Gasteiger partial charge in [-0.2, -0.15) is 0 Å². The fraction of sp³-hybridized carbons (Fsp3) is 0.0385. The summed E-state index contributed by atoms with van der Waals surface area (Å²) in [5.74, 6) is 0.994. The Morgan fingerprint density at radius 3 is 2.07 bits per heavy atom. The average molecular weight is 732 g/mol. The van der Waals surface area contributed by atoms with Crippen LogP contribution in [0.25, 0.3) is 92.3 Å². The molecular formula is C52H33N3S. The first-order chi connectivity index (χ1) is 27.7. The van der Waals surface area contributed by atoms with Crippen LogP contribution in [-0.2, 0) is 6.42 Å². The van der Waals surface area contributed by atoms with E-state index in [1.807, 2.05) is 11.3 Å². The highest BCUT2D eigenvalue weighted by molar-refractivity contribution is 7.25. The lowest BCUT2D eigenvalue weighted by molar-refractivity contribution is 0.794. The molecule has 0 fully saturated rings. The zero-order valence-corrected chi connectivity index (χ0v) is 31.2. The summed E-state index contributed by atoms with van der Waals surface area (Å²) in [6, 6.07) is 66.3. The van der Waals surface area contributed by atoms with Crippen LogP contribution in [0, 0.1) is 0 Å². The third-order valence-electron chi connectivity index (χ3n) is 11.8. The van der Waals surface area contributed by atoms with E-state index < -0.39 is 0 Å². The van der Waals surface area contributed by atoms with Crippen LogP contribution in [0.15, 0.2) is 182 Å². The monoisotopic (exact) mass is 731 g/mol. The van der Waals surface area contributed by atoms with Crippen molar-refractivity contribution in [1.29, 1.82) is 0 Å². The van der Waals surface area contributed by atoms with E-state index >= 15 is 0 Å². The van der Waals surface area contributed by atoms with Gasteiger partial charge in [-0.15, -0.1) is 11.3 Å². The Hall–Kier alpha value is -6.88. The van der Waals surface area contributed by atoms with Gasteiger partial charge in [0, 0.05) is 47.8 Å². The van der Waals surface area contributed by atoms with Crippen LogP contribution in [0.5, 0.6) is 0 Å². The molecule has 0 saturated heterocycles. The first-order valence-corrected chi connectivity index (χ1v) is 20.1. The number of nitrogens with zero attached hydrogens (tertiary/aromatic N) is 3. The lowest BCUT2D eigenvalue weighted by atomic mass is 9.75. The smallest absolute Gasteiger partial charge is 0.235 e. The minimum Gasteiger partial charge on any atom is -0.278 e. The highest BCUT2D eigenvalue weighted by Crippen LogP contribution is 2.46. The summed E-state index contributed by atoms with van der Waals surface area (Å²) in [4.78, 5) is 10.7. The van der Waals surface area contributed by atoms with E-state index in [1.165, 1.54) is 69.9 Å². The Labute approximate surface area is 327 Å². The van der Waals surface area contributed by atoms with Crippen LogP contribution < -0.4 is 0 Å². The van der Waals surface area contributed by atoms with E-state index in [1.54, 1.807) is 0 Å². The molecule has 0 amide bonds. The van der Waals surface area contributed by atoms with Crippen molar-refractivity contribution in [2.45, 2.75) is 12.3 Å². The minimum atomic E-state index is 0.321. The van der Waals surface area contributed by atoms with E-state index in [-0.39, 0.29) is 0 Å². The second kappa shape index (κ2) is 12.3. The molecule has 12 rings (SSSR count). The molecule has 3 heterocycles. The second-order valence-electron chi connectivity index (χ2n) is 14.9. The maximum atomic E-state index is 5.38. The molecule has 1 unspecified atom stereocenters. The van der Waals surface area contributed by atoms with Crippen molar-refractivity contribution in [1.82, 2.24) is 14.5 Å². The van der Waals surface area contributed by atoms with Crippen molar-refractivity contribution in [3.8, 4) is 39.5 Å². The van der Waals surface area contributed by atoms with E-state index in [0.717, 1.165) is 39.6 Å². The largest absolute Gasteiger partial charge is 0.278 e. The Balaban J connectivity index is 1.11. The van der Waals surface area contributed by atoms with E-state index in [4.69, 9.17) is 9.97 Å². The standard InChI is InChI=1S/C52H33N3S/c1-3-13-32(14-4-1)41-29-36-17-7-8-18-37(36)42-27-34(23-25-38(41)42)35-24-26-47-43(28-35)44-31-50-45(39-19-10-12-22-49(39)56-50)30-48(44)55(47)52-53-46-21-11-9-20-40(46)51(54-52)33-15-5-2-6-16-33/h1-28,30-31,41H,29H2. The number of fused-ring (bicyclic) bond motifs is 10. The zero-order valence-electron chi connectivity index (χ0n) is 30.4. The molecule has 0 saturated carbocycles. The van der Waals surface area contributed by atoms with Gasteiger partial charge >= 0.3 is 0 Å². The van der Waals surface area contributed by atoms with Crippen molar-refractivity contribution in [3.05, 3.63) is 199 Å². The fourth-order valence-corrected chi connectivity index (χ4v) is 10.3. The first kappa shape index (κ1) is 31.5. The van der Waals surface area contributed by atoms with E-state index in [0.29, 0.717) is 11.9 Å². The number of rotatable bonds is 4. The Kier molecular flexibility index (Phi) is 6.92. The summed E-state index contributed by atoms with van der Waals surface area (Å²) >= 11 is 1.86. The first-order valence-electron chi connectivity index (χ1n) is 19.2. The predicted octanol–water partition coefficient (Wildman–Crippen LogP) is 13.8. The Morgan fingerprint density at radius 2 is 1.18 bits per heavy atom. The van der Waals surface area contributed by atoms with Crippen LogP contribution in [0.4, 0.5) is 0 Å². The number of para-hydroxylation sites is 1. The van der Waals surface area contributed by atoms with Crippen LogP contribution in [0.2, 0.25) is 0 Å². The van der Waals surface area contributed by atoms with Crippen molar-refractivity contribution >= 4 is 64.2 Å². The van der Waals surface area contributed by atoms with Crippen LogP contribution in [0.1, 0.15) is 22.6 Å². The van der Waals surface area contributed by atoms with Crippen molar-refractivity contribution in [2.75, 3.05) is 0 Å². The van der Waals surface area contributed by atoms with Gasteiger partial charge in [0.2, 0.25) is 5.95 Å². The van der Waals surface area contributed by atoms with Crippen LogP contribution >= 0.6 is 11.3 Å². The quantitative estimate of drug-likeness (QED) is 0.180. The molecular weight excluding hydrogens is 699 g/mol. The Bertz CT molecular complexity index is 3340. The molecule has 3 nitrogen and oxygen atoms in total. The third kappa shape index (κ3) is 4.83. The predicted molar refractivity (Wildman–Crippen MR) is 235 cm³/mol. The molecule has 8 aromatic carbocycles. The molecule has 0 aliphatic heterocycles. The van der Waals surface area contributed by atoms with Gasteiger partial charge in [0.1, 0.15) is 0 Å². The van der Waals surface area contributed by atoms with Gasteiger partial charge in [-0.05, 0) is 87.8 Å². The zero-order chi connectivity index (χ0) is 36.7. The lowest BCUT2D eigenvalue weighted by Gasteiger charge is -2.29.